The van der Waals surface area contributed by atoms with E-state index >= 15 is 0 Å². The Hall–Kier alpha value is -3.17. The fraction of sp³-hybridized carbons (Fsp3) is 0.182. The Labute approximate surface area is 189 Å². The molecule has 0 fully saturated rings. The molecule has 0 atom stereocenters. The van der Waals surface area contributed by atoms with Crippen LogP contribution in [0.1, 0.15) is 29.8 Å². The van der Waals surface area contributed by atoms with Gasteiger partial charge in [0.25, 0.3) is 5.91 Å². The van der Waals surface area contributed by atoms with Crippen LogP contribution < -0.4 is 16.0 Å². The summed E-state index contributed by atoms with van der Waals surface area (Å²) in [4.78, 5) is 16.4. The lowest BCUT2D eigenvalue weighted by Gasteiger charge is -2.16. The Morgan fingerprint density at radius 2 is 1.84 bits per heavy atom. The number of fused-ring (bicyclic) bond motifs is 1. The molecule has 1 aromatic heterocycles. The molecule has 32 heavy (non-hydrogen) atoms. The van der Waals surface area contributed by atoms with Crippen LogP contribution in [-0.4, -0.2) is 24.6 Å². The van der Waals surface area contributed by atoms with Gasteiger partial charge in [0.15, 0.2) is 15.7 Å². The molecule has 0 spiro atoms. The molecule has 1 aliphatic heterocycles. The number of nitrogens with zero attached hydrogens (tertiary/aromatic N) is 1. The number of pyridine rings is 1. The number of aromatic nitrogens is 1. The van der Waals surface area contributed by atoms with Crippen molar-refractivity contribution in [3.63, 3.8) is 0 Å². The zero-order valence-corrected chi connectivity index (χ0v) is 18.8. The highest BCUT2D eigenvalue weighted by atomic mass is 35.5. The van der Waals surface area contributed by atoms with Gasteiger partial charge in [-0.3, -0.25) is 4.79 Å². The molecule has 1 amide bonds. The third-order valence-electron chi connectivity index (χ3n) is 5.05. The predicted octanol–water partition coefficient (Wildman–Crippen LogP) is 4.79. The van der Waals surface area contributed by atoms with Crippen LogP contribution in [-0.2, 0) is 16.4 Å². The number of nitrogens with one attached hydrogen (secondary N) is 3. The third kappa shape index (κ3) is 4.13. The van der Waals surface area contributed by atoms with Gasteiger partial charge in [-0.1, -0.05) is 23.7 Å². The smallest absolute Gasteiger partial charge is 0.251 e. The molecule has 7 nitrogen and oxygen atoms in total. The van der Waals surface area contributed by atoms with Crippen LogP contribution in [0.5, 0.6) is 0 Å². The number of anilines is 4. The van der Waals surface area contributed by atoms with Crippen molar-refractivity contribution in [1.29, 1.82) is 0 Å². The predicted molar refractivity (Wildman–Crippen MR) is 122 cm³/mol. The number of benzene rings is 2. The largest absolute Gasteiger partial charge is 0.348 e. The summed E-state index contributed by atoms with van der Waals surface area (Å²) in [5, 5.41) is 8.12. The molecule has 0 unspecified atom stereocenters. The SMILES string of the molecule is CC(C)S(=O)(=O)c1ccccc1Nc1nc(Nc2cc3c(cc2F)CNC3=O)ccc1Cl. The van der Waals surface area contributed by atoms with E-state index in [1.807, 2.05) is 0 Å². The standard InChI is InChI=1S/C22H20ClFN4O3S/c1-12(2)32(30,31)19-6-4-3-5-17(19)27-21-15(23)7-8-20(28-21)26-18-10-14-13(9-16(18)24)11-25-22(14)29/h3-10,12H,11H2,1-2H3,(H,25,29)(H2,26,27,28). The highest BCUT2D eigenvalue weighted by Crippen LogP contribution is 2.32. The molecule has 2 heterocycles. The maximum atomic E-state index is 14.5. The summed E-state index contributed by atoms with van der Waals surface area (Å²) in [6.45, 7) is 3.50. The van der Waals surface area contributed by atoms with Crippen molar-refractivity contribution in [3.8, 4) is 0 Å². The molecule has 0 bridgehead atoms. The average Bonchev–Trinajstić information content (AvgIpc) is 3.10. The highest BCUT2D eigenvalue weighted by molar-refractivity contribution is 7.92. The van der Waals surface area contributed by atoms with Gasteiger partial charge in [0.2, 0.25) is 0 Å². The number of hydrogen-bond donors (Lipinski definition) is 3. The molecule has 0 saturated carbocycles. The van der Waals surface area contributed by atoms with E-state index in [4.69, 9.17) is 11.6 Å². The molecule has 2 aromatic carbocycles. The van der Waals surface area contributed by atoms with E-state index in [0.717, 1.165) is 0 Å². The molecular weight excluding hydrogens is 455 g/mol. The van der Waals surface area contributed by atoms with Crippen LogP contribution in [0.4, 0.5) is 27.4 Å². The maximum absolute atomic E-state index is 14.5. The number of carbonyl (C=O) groups is 1. The molecule has 10 heteroatoms. The summed E-state index contributed by atoms with van der Waals surface area (Å²) >= 11 is 6.28. The first-order chi connectivity index (χ1) is 15.2. The van der Waals surface area contributed by atoms with E-state index in [2.05, 4.69) is 20.9 Å². The van der Waals surface area contributed by atoms with Crippen LogP contribution >= 0.6 is 11.6 Å². The van der Waals surface area contributed by atoms with Gasteiger partial charge in [-0.15, -0.1) is 0 Å². The first kappa shape index (κ1) is 22.0. The normalized spacial score (nSPS) is 13.1. The molecule has 3 N–H and O–H groups in total. The van der Waals surface area contributed by atoms with Gasteiger partial charge < -0.3 is 16.0 Å². The second kappa shape index (κ2) is 8.40. The molecule has 4 rings (SSSR count). The van der Waals surface area contributed by atoms with E-state index in [1.54, 1.807) is 44.2 Å². The molecule has 166 valence electrons. The molecule has 1 aliphatic rings. The van der Waals surface area contributed by atoms with Crippen LogP contribution in [0.15, 0.2) is 53.4 Å². The number of para-hydroxylation sites is 1. The van der Waals surface area contributed by atoms with Crippen molar-refractivity contribution in [1.82, 2.24) is 10.3 Å². The van der Waals surface area contributed by atoms with Crippen LogP contribution in [0.25, 0.3) is 0 Å². The van der Waals surface area contributed by atoms with Crippen molar-refractivity contribution < 1.29 is 17.6 Å². The summed E-state index contributed by atoms with van der Waals surface area (Å²) in [7, 11) is -3.55. The van der Waals surface area contributed by atoms with Gasteiger partial charge in [0, 0.05) is 12.1 Å². The number of rotatable bonds is 6. The second-order valence-electron chi connectivity index (χ2n) is 7.54. The van der Waals surface area contributed by atoms with Crippen LogP contribution in [0.3, 0.4) is 0 Å². The maximum Gasteiger partial charge on any atom is 0.251 e. The minimum Gasteiger partial charge on any atom is -0.348 e. The fourth-order valence-electron chi connectivity index (χ4n) is 3.28. The van der Waals surface area contributed by atoms with E-state index in [0.29, 0.717) is 16.8 Å². The van der Waals surface area contributed by atoms with E-state index in [9.17, 15) is 17.6 Å². The van der Waals surface area contributed by atoms with Gasteiger partial charge in [-0.2, -0.15) is 0 Å². The first-order valence-corrected chi connectivity index (χ1v) is 11.7. The Morgan fingerprint density at radius 1 is 1.09 bits per heavy atom. The summed E-state index contributed by atoms with van der Waals surface area (Å²) in [6, 6.07) is 12.3. The fourth-order valence-corrected chi connectivity index (χ4v) is 4.63. The summed E-state index contributed by atoms with van der Waals surface area (Å²) < 4.78 is 39.9. The Balaban J connectivity index is 1.66. The topological polar surface area (TPSA) is 100 Å². The molecule has 0 radical (unpaired) electrons. The van der Waals surface area contributed by atoms with Crippen molar-refractivity contribution in [2.45, 2.75) is 30.5 Å². The van der Waals surface area contributed by atoms with Crippen molar-refractivity contribution in [2.75, 3.05) is 10.6 Å². The lowest BCUT2D eigenvalue weighted by Crippen LogP contribution is -2.15. The van der Waals surface area contributed by atoms with Gasteiger partial charge in [-0.05, 0) is 55.8 Å². The summed E-state index contributed by atoms with van der Waals surface area (Å²) in [6.07, 6.45) is 0. The van der Waals surface area contributed by atoms with E-state index in [1.165, 1.54) is 18.2 Å². The molecule has 0 saturated heterocycles. The minimum atomic E-state index is -3.55. The second-order valence-corrected chi connectivity index (χ2v) is 10.4. The van der Waals surface area contributed by atoms with Crippen molar-refractivity contribution in [3.05, 3.63) is 70.5 Å². The highest BCUT2D eigenvalue weighted by Gasteiger charge is 2.24. The third-order valence-corrected chi connectivity index (χ3v) is 7.57. The first-order valence-electron chi connectivity index (χ1n) is 9.81. The molecule has 3 aromatic rings. The van der Waals surface area contributed by atoms with Gasteiger partial charge in [-0.25, -0.2) is 17.8 Å². The minimum absolute atomic E-state index is 0.0874. The number of amides is 1. The quantitative estimate of drug-likeness (QED) is 0.475. The van der Waals surface area contributed by atoms with Crippen molar-refractivity contribution in [2.24, 2.45) is 0 Å². The zero-order valence-electron chi connectivity index (χ0n) is 17.2. The summed E-state index contributed by atoms with van der Waals surface area (Å²) in [5.41, 5.74) is 1.40. The summed E-state index contributed by atoms with van der Waals surface area (Å²) in [5.74, 6) is -0.335. The lowest BCUT2D eigenvalue weighted by molar-refractivity contribution is 0.0965. The average molecular weight is 475 g/mol. The number of hydrogen-bond acceptors (Lipinski definition) is 6. The van der Waals surface area contributed by atoms with Crippen LogP contribution in [0, 0.1) is 5.82 Å². The number of halogens is 2. The lowest BCUT2D eigenvalue weighted by atomic mass is 10.1. The van der Waals surface area contributed by atoms with Gasteiger partial charge >= 0.3 is 0 Å². The van der Waals surface area contributed by atoms with Crippen LogP contribution in [0.2, 0.25) is 5.02 Å². The monoisotopic (exact) mass is 474 g/mol. The van der Waals surface area contributed by atoms with Crippen molar-refractivity contribution >= 4 is 50.4 Å². The van der Waals surface area contributed by atoms with E-state index < -0.39 is 20.9 Å². The van der Waals surface area contributed by atoms with E-state index in [-0.39, 0.29) is 39.7 Å². The Bertz CT molecular complexity index is 1330. The Morgan fingerprint density at radius 3 is 2.59 bits per heavy atom. The number of sulfone groups is 1. The van der Waals surface area contributed by atoms with Gasteiger partial charge in [0.05, 0.1) is 26.5 Å². The number of carbonyl (C=O) groups excluding carboxylic acids is 1. The Kier molecular flexibility index (Phi) is 5.79. The molecular formula is C22H20ClFN4O3S. The molecule has 0 aliphatic carbocycles. The zero-order chi connectivity index (χ0) is 23.0. The van der Waals surface area contributed by atoms with Gasteiger partial charge in [0.1, 0.15) is 11.6 Å².